The summed E-state index contributed by atoms with van der Waals surface area (Å²) in [6.45, 7) is 3.29. The Labute approximate surface area is 111 Å². The third-order valence-corrected chi connectivity index (χ3v) is 2.69. The first-order valence-electron chi connectivity index (χ1n) is 6.16. The van der Waals surface area contributed by atoms with Gasteiger partial charge in [-0.3, -0.25) is 9.59 Å². The number of benzene rings is 1. The minimum Gasteiger partial charge on any atom is -0.366 e. The summed E-state index contributed by atoms with van der Waals surface area (Å²) in [7, 11) is 0. The maximum absolute atomic E-state index is 11.9. The van der Waals surface area contributed by atoms with Crippen molar-refractivity contribution in [3.05, 3.63) is 24.3 Å². The van der Waals surface area contributed by atoms with Gasteiger partial charge in [-0.15, -0.1) is 0 Å². The number of nitrogens with one attached hydrogen (secondary N) is 3. The van der Waals surface area contributed by atoms with Crippen LogP contribution < -0.4 is 16.0 Å². The predicted molar refractivity (Wildman–Crippen MR) is 72.0 cm³/mol. The summed E-state index contributed by atoms with van der Waals surface area (Å²) in [5.74, 6) is -0.294. The van der Waals surface area contributed by atoms with E-state index in [2.05, 4.69) is 16.0 Å². The van der Waals surface area contributed by atoms with Crippen LogP contribution in [0.3, 0.4) is 0 Å². The van der Waals surface area contributed by atoms with Gasteiger partial charge in [0.1, 0.15) is 6.10 Å². The topological polar surface area (TPSA) is 79.5 Å². The molecule has 1 aromatic rings. The number of anilines is 2. The minimum absolute atomic E-state index is 0.126. The van der Waals surface area contributed by atoms with Crippen LogP contribution in [0.4, 0.5) is 11.4 Å². The smallest absolute Gasteiger partial charge is 0.254 e. The summed E-state index contributed by atoms with van der Waals surface area (Å²) < 4.78 is 5.36. The van der Waals surface area contributed by atoms with Crippen molar-refractivity contribution >= 4 is 23.2 Å². The number of morpholine rings is 1. The summed E-state index contributed by atoms with van der Waals surface area (Å²) in [6, 6.07) is 6.94. The first-order valence-corrected chi connectivity index (χ1v) is 6.16. The van der Waals surface area contributed by atoms with Crippen molar-refractivity contribution in [3.63, 3.8) is 0 Å². The molecule has 6 heteroatoms. The lowest BCUT2D eigenvalue weighted by Crippen LogP contribution is -2.45. The molecule has 0 spiro atoms. The Morgan fingerprint density at radius 3 is 2.37 bits per heavy atom. The van der Waals surface area contributed by atoms with Gasteiger partial charge in [0.05, 0.1) is 6.61 Å². The van der Waals surface area contributed by atoms with E-state index >= 15 is 0 Å². The molecule has 1 heterocycles. The molecule has 1 saturated heterocycles. The van der Waals surface area contributed by atoms with Crippen molar-refractivity contribution in [2.45, 2.75) is 13.0 Å². The van der Waals surface area contributed by atoms with Crippen molar-refractivity contribution in [1.29, 1.82) is 0 Å². The summed E-state index contributed by atoms with van der Waals surface area (Å²) in [4.78, 5) is 22.8. The highest BCUT2D eigenvalue weighted by Crippen LogP contribution is 2.14. The monoisotopic (exact) mass is 263 g/mol. The maximum Gasteiger partial charge on any atom is 0.254 e. The molecule has 0 bridgehead atoms. The zero-order valence-electron chi connectivity index (χ0n) is 10.7. The van der Waals surface area contributed by atoms with Crippen molar-refractivity contribution in [3.8, 4) is 0 Å². The number of rotatable bonds is 3. The van der Waals surface area contributed by atoms with Crippen LogP contribution in [0.25, 0.3) is 0 Å². The Morgan fingerprint density at radius 1 is 1.21 bits per heavy atom. The maximum atomic E-state index is 11.9. The number of hydrogen-bond donors (Lipinski definition) is 3. The summed E-state index contributed by atoms with van der Waals surface area (Å²) in [5, 5.41) is 8.54. The number of ether oxygens (including phenoxy) is 1. The normalized spacial score (nSPS) is 18.7. The fourth-order valence-corrected chi connectivity index (χ4v) is 1.80. The zero-order chi connectivity index (χ0) is 13.7. The zero-order valence-corrected chi connectivity index (χ0v) is 10.7. The lowest BCUT2D eigenvalue weighted by atomic mass is 10.2. The van der Waals surface area contributed by atoms with Crippen molar-refractivity contribution < 1.29 is 14.3 Å². The van der Waals surface area contributed by atoms with Gasteiger partial charge in [0.2, 0.25) is 5.91 Å². The van der Waals surface area contributed by atoms with Crippen LogP contribution in [-0.4, -0.2) is 37.6 Å². The molecule has 6 nitrogen and oxygen atoms in total. The number of hydrogen-bond acceptors (Lipinski definition) is 4. The molecule has 3 N–H and O–H groups in total. The van der Waals surface area contributed by atoms with Crippen molar-refractivity contribution in [2.24, 2.45) is 0 Å². The second-order valence-corrected chi connectivity index (χ2v) is 4.31. The Balaban J connectivity index is 1.91. The first-order chi connectivity index (χ1) is 9.15. The molecule has 0 aromatic heterocycles. The van der Waals surface area contributed by atoms with Crippen LogP contribution >= 0.6 is 0 Å². The van der Waals surface area contributed by atoms with Crippen LogP contribution in [0.2, 0.25) is 0 Å². The molecule has 0 aliphatic carbocycles. The van der Waals surface area contributed by atoms with Gasteiger partial charge >= 0.3 is 0 Å². The summed E-state index contributed by atoms with van der Waals surface area (Å²) in [5.41, 5.74) is 1.37. The predicted octanol–water partition coefficient (Wildman–Crippen LogP) is 0.572. The van der Waals surface area contributed by atoms with Crippen LogP contribution in [0.1, 0.15) is 6.92 Å². The molecule has 0 radical (unpaired) electrons. The lowest BCUT2D eigenvalue weighted by Gasteiger charge is -2.22. The average molecular weight is 263 g/mol. The SMILES string of the molecule is CC(=O)Nc1ccc(NC(=O)C2CNCCO2)cc1. The second kappa shape index (κ2) is 6.31. The molecule has 1 fully saturated rings. The van der Waals surface area contributed by atoms with Gasteiger partial charge < -0.3 is 20.7 Å². The molecule has 0 saturated carbocycles. The third-order valence-electron chi connectivity index (χ3n) is 2.69. The van der Waals surface area contributed by atoms with Crippen LogP contribution in [0, 0.1) is 0 Å². The largest absolute Gasteiger partial charge is 0.366 e. The molecule has 1 atom stereocenters. The van der Waals surface area contributed by atoms with E-state index < -0.39 is 6.10 Å². The highest BCUT2D eigenvalue weighted by Gasteiger charge is 2.21. The minimum atomic E-state index is -0.455. The van der Waals surface area contributed by atoms with Gasteiger partial charge in [-0.25, -0.2) is 0 Å². The molecule has 2 rings (SSSR count). The van der Waals surface area contributed by atoms with E-state index in [4.69, 9.17) is 4.74 Å². The number of amides is 2. The quantitative estimate of drug-likeness (QED) is 0.745. The Morgan fingerprint density at radius 2 is 1.84 bits per heavy atom. The van der Waals surface area contributed by atoms with Gasteiger partial charge in [-0.05, 0) is 24.3 Å². The van der Waals surface area contributed by atoms with Gasteiger partial charge in [-0.2, -0.15) is 0 Å². The molecule has 2 amide bonds. The second-order valence-electron chi connectivity index (χ2n) is 4.31. The van der Waals surface area contributed by atoms with Crippen LogP contribution in [0.5, 0.6) is 0 Å². The highest BCUT2D eigenvalue weighted by atomic mass is 16.5. The number of carbonyl (C=O) groups excluding carboxylic acids is 2. The average Bonchev–Trinajstić information content (AvgIpc) is 2.41. The van der Waals surface area contributed by atoms with Crippen LogP contribution in [0.15, 0.2) is 24.3 Å². The highest BCUT2D eigenvalue weighted by molar-refractivity contribution is 5.95. The molecule has 1 aliphatic rings. The first kappa shape index (κ1) is 13.5. The molecular weight excluding hydrogens is 246 g/mol. The summed E-state index contributed by atoms with van der Waals surface area (Å²) in [6.07, 6.45) is -0.455. The standard InChI is InChI=1S/C13H17N3O3/c1-9(17)15-10-2-4-11(5-3-10)16-13(18)12-8-14-6-7-19-12/h2-5,12,14H,6-8H2,1H3,(H,15,17)(H,16,18). The van der Waals surface area contributed by atoms with Gasteiger partial charge in [0.15, 0.2) is 0 Å². The number of carbonyl (C=O) groups is 2. The molecule has 1 aliphatic heterocycles. The fraction of sp³-hybridized carbons (Fsp3) is 0.385. The van der Waals surface area contributed by atoms with E-state index in [1.165, 1.54) is 6.92 Å². The molecule has 102 valence electrons. The Hall–Kier alpha value is -1.92. The van der Waals surface area contributed by atoms with Crippen molar-refractivity contribution in [1.82, 2.24) is 5.32 Å². The van der Waals surface area contributed by atoms with E-state index in [9.17, 15) is 9.59 Å². The molecule has 19 heavy (non-hydrogen) atoms. The van der Waals surface area contributed by atoms with Crippen molar-refractivity contribution in [2.75, 3.05) is 30.3 Å². The van der Waals surface area contributed by atoms with E-state index in [-0.39, 0.29) is 11.8 Å². The molecule has 1 aromatic carbocycles. The molecule has 1 unspecified atom stereocenters. The van der Waals surface area contributed by atoms with Crippen LogP contribution in [-0.2, 0) is 14.3 Å². The lowest BCUT2D eigenvalue weighted by molar-refractivity contribution is -0.128. The third kappa shape index (κ3) is 4.04. The van der Waals surface area contributed by atoms with E-state index in [1.54, 1.807) is 24.3 Å². The van der Waals surface area contributed by atoms with Gasteiger partial charge in [0.25, 0.3) is 5.91 Å². The Bertz CT molecular complexity index is 453. The van der Waals surface area contributed by atoms with E-state index in [1.807, 2.05) is 0 Å². The molecular formula is C13H17N3O3. The van der Waals surface area contributed by atoms with Gasteiger partial charge in [0, 0.05) is 31.4 Å². The summed E-state index contributed by atoms with van der Waals surface area (Å²) >= 11 is 0. The fourth-order valence-electron chi connectivity index (χ4n) is 1.80. The van der Waals surface area contributed by atoms with E-state index in [0.29, 0.717) is 24.5 Å². The van der Waals surface area contributed by atoms with Gasteiger partial charge in [-0.1, -0.05) is 0 Å². The Kier molecular flexibility index (Phi) is 4.48. The van der Waals surface area contributed by atoms with E-state index in [0.717, 1.165) is 6.54 Å².